The van der Waals surface area contributed by atoms with E-state index < -0.39 is 0 Å². The molecule has 1 saturated heterocycles. The third kappa shape index (κ3) is 4.22. The zero-order valence-corrected chi connectivity index (χ0v) is 16.9. The summed E-state index contributed by atoms with van der Waals surface area (Å²) >= 11 is 13.4. The molecule has 3 aromatic rings. The SMILES string of the molecule is O=C1N/C(=N/N=C/c2cccc3ccccc23)SC1Cc1ccc(Cl)c(Cl)c1. The van der Waals surface area contributed by atoms with Crippen molar-refractivity contribution in [2.24, 2.45) is 10.2 Å². The number of amidine groups is 1. The van der Waals surface area contributed by atoms with Crippen molar-refractivity contribution in [1.82, 2.24) is 5.32 Å². The minimum absolute atomic E-state index is 0.0878. The number of hydrogen-bond acceptors (Lipinski definition) is 4. The number of carbonyl (C=O) groups is 1. The Balaban J connectivity index is 1.46. The normalized spacial score (nSPS) is 18.3. The lowest BCUT2D eigenvalue weighted by Gasteiger charge is -2.06. The van der Waals surface area contributed by atoms with E-state index in [1.165, 1.54) is 11.8 Å². The average molecular weight is 428 g/mol. The standard InChI is InChI=1S/C21H15Cl2N3OS/c22-17-9-8-13(10-18(17)23)11-19-20(27)25-21(28-19)26-24-12-15-6-3-5-14-4-1-2-7-16(14)15/h1-10,12,19H,11H2,(H,25,26,27)/b24-12+. The van der Waals surface area contributed by atoms with Crippen molar-refractivity contribution in [3.63, 3.8) is 0 Å². The molecule has 0 bridgehead atoms. The van der Waals surface area contributed by atoms with Crippen molar-refractivity contribution < 1.29 is 4.79 Å². The molecule has 28 heavy (non-hydrogen) atoms. The van der Waals surface area contributed by atoms with Gasteiger partial charge in [0.1, 0.15) is 0 Å². The zero-order chi connectivity index (χ0) is 19.5. The van der Waals surface area contributed by atoms with Crippen molar-refractivity contribution in [3.8, 4) is 0 Å². The Morgan fingerprint density at radius 2 is 1.86 bits per heavy atom. The first-order valence-corrected chi connectivity index (χ1v) is 10.2. The van der Waals surface area contributed by atoms with Gasteiger partial charge in [0.15, 0.2) is 5.17 Å². The summed E-state index contributed by atoms with van der Waals surface area (Å²) in [6, 6.07) is 19.5. The summed E-state index contributed by atoms with van der Waals surface area (Å²) in [5.74, 6) is -0.0878. The molecule has 1 atom stereocenters. The number of rotatable bonds is 4. The smallest absolute Gasteiger partial charge is 0.239 e. The van der Waals surface area contributed by atoms with E-state index in [9.17, 15) is 4.79 Å². The second kappa shape index (κ2) is 8.35. The molecular weight excluding hydrogens is 413 g/mol. The van der Waals surface area contributed by atoms with Crippen molar-refractivity contribution in [2.45, 2.75) is 11.7 Å². The lowest BCUT2D eigenvalue weighted by atomic mass is 10.1. The molecule has 1 heterocycles. The fourth-order valence-corrected chi connectivity index (χ4v) is 4.26. The number of fused-ring (bicyclic) bond motifs is 1. The highest BCUT2D eigenvalue weighted by Crippen LogP contribution is 2.27. The van der Waals surface area contributed by atoms with E-state index in [1.807, 2.05) is 36.4 Å². The van der Waals surface area contributed by atoms with E-state index in [1.54, 1.807) is 18.3 Å². The molecule has 1 aliphatic rings. The van der Waals surface area contributed by atoms with Crippen molar-refractivity contribution in [1.29, 1.82) is 0 Å². The summed E-state index contributed by atoms with van der Waals surface area (Å²) in [5.41, 5.74) is 1.92. The van der Waals surface area contributed by atoms with E-state index in [0.29, 0.717) is 21.6 Å². The Morgan fingerprint density at radius 1 is 1.04 bits per heavy atom. The Kier molecular flexibility index (Phi) is 5.67. The van der Waals surface area contributed by atoms with Gasteiger partial charge >= 0.3 is 0 Å². The Morgan fingerprint density at radius 3 is 2.71 bits per heavy atom. The van der Waals surface area contributed by atoms with Gasteiger partial charge < -0.3 is 5.32 Å². The van der Waals surface area contributed by atoms with Gasteiger partial charge in [0.25, 0.3) is 0 Å². The van der Waals surface area contributed by atoms with Crippen LogP contribution >= 0.6 is 35.0 Å². The summed E-state index contributed by atoms with van der Waals surface area (Å²) in [7, 11) is 0. The van der Waals surface area contributed by atoms with Gasteiger partial charge in [-0.15, -0.1) is 5.10 Å². The number of amides is 1. The van der Waals surface area contributed by atoms with Gasteiger partial charge in [-0.3, -0.25) is 4.79 Å². The molecule has 1 aliphatic heterocycles. The van der Waals surface area contributed by atoms with Crippen molar-refractivity contribution >= 4 is 63.0 Å². The van der Waals surface area contributed by atoms with E-state index in [-0.39, 0.29) is 11.2 Å². The molecule has 0 aliphatic carbocycles. The van der Waals surface area contributed by atoms with E-state index in [2.05, 4.69) is 27.7 Å². The number of nitrogens with zero attached hydrogens (tertiary/aromatic N) is 2. The maximum atomic E-state index is 12.2. The highest BCUT2D eigenvalue weighted by atomic mass is 35.5. The van der Waals surface area contributed by atoms with Crippen molar-refractivity contribution in [3.05, 3.63) is 81.8 Å². The lowest BCUT2D eigenvalue weighted by molar-refractivity contribution is -0.118. The Hall–Kier alpha value is -2.34. The van der Waals surface area contributed by atoms with Crippen LogP contribution in [0.1, 0.15) is 11.1 Å². The Bertz CT molecular complexity index is 1110. The molecule has 7 heteroatoms. The molecule has 3 aromatic carbocycles. The molecule has 1 amide bonds. The molecule has 1 N–H and O–H groups in total. The second-order valence-corrected chi connectivity index (χ2v) is 8.27. The number of halogens is 2. The van der Waals surface area contributed by atoms with Crippen LogP contribution in [0.15, 0.2) is 70.9 Å². The van der Waals surface area contributed by atoms with E-state index >= 15 is 0 Å². The van der Waals surface area contributed by atoms with Gasteiger partial charge in [0.2, 0.25) is 5.91 Å². The third-order valence-electron chi connectivity index (χ3n) is 4.35. The number of thioether (sulfide) groups is 1. The zero-order valence-electron chi connectivity index (χ0n) is 14.6. The van der Waals surface area contributed by atoms with Gasteiger partial charge in [0.05, 0.1) is 21.5 Å². The van der Waals surface area contributed by atoms with Crippen LogP contribution in [0.5, 0.6) is 0 Å². The third-order valence-corrected chi connectivity index (χ3v) is 6.16. The molecule has 140 valence electrons. The first kappa shape index (κ1) is 19.0. The van der Waals surface area contributed by atoms with Gasteiger partial charge in [-0.1, -0.05) is 83.5 Å². The number of carbonyl (C=O) groups excluding carboxylic acids is 1. The lowest BCUT2D eigenvalue weighted by Crippen LogP contribution is -2.25. The van der Waals surface area contributed by atoms with Crippen LogP contribution in [0, 0.1) is 0 Å². The molecule has 0 saturated carbocycles. The maximum absolute atomic E-state index is 12.2. The number of hydrogen-bond donors (Lipinski definition) is 1. The molecule has 4 rings (SSSR count). The number of nitrogens with one attached hydrogen (secondary N) is 1. The van der Waals surface area contributed by atoms with Crippen LogP contribution in [0.4, 0.5) is 0 Å². The van der Waals surface area contributed by atoms with Crippen LogP contribution in [0.3, 0.4) is 0 Å². The predicted molar refractivity (Wildman–Crippen MR) is 119 cm³/mol. The minimum atomic E-state index is -0.274. The molecule has 1 fully saturated rings. The van der Waals surface area contributed by atoms with Crippen LogP contribution in [0.2, 0.25) is 10.0 Å². The fraction of sp³-hybridized carbons (Fsp3) is 0.0952. The van der Waals surface area contributed by atoms with Gasteiger partial charge in [-0.05, 0) is 34.9 Å². The van der Waals surface area contributed by atoms with Crippen LogP contribution in [0.25, 0.3) is 10.8 Å². The highest BCUT2D eigenvalue weighted by Gasteiger charge is 2.30. The summed E-state index contributed by atoms with van der Waals surface area (Å²) in [5, 5.41) is 14.6. The molecule has 0 spiro atoms. The van der Waals surface area contributed by atoms with Gasteiger partial charge in [-0.2, -0.15) is 5.10 Å². The van der Waals surface area contributed by atoms with Gasteiger partial charge in [0, 0.05) is 5.56 Å². The first-order chi connectivity index (χ1) is 13.6. The highest BCUT2D eigenvalue weighted by molar-refractivity contribution is 8.15. The maximum Gasteiger partial charge on any atom is 0.239 e. The summed E-state index contributed by atoms with van der Waals surface area (Å²) < 4.78 is 0. The second-order valence-electron chi connectivity index (χ2n) is 6.27. The minimum Gasteiger partial charge on any atom is -0.303 e. The number of benzene rings is 3. The molecule has 0 radical (unpaired) electrons. The molecule has 0 aromatic heterocycles. The van der Waals surface area contributed by atoms with Crippen LogP contribution in [-0.4, -0.2) is 22.5 Å². The quantitative estimate of drug-likeness (QED) is 0.452. The summed E-state index contributed by atoms with van der Waals surface area (Å²) in [6.07, 6.45) is 2.24. The largest absolute Gasteiger partial charge is 0.303 e. The summed E-state index contributed by atoms with van der Waals surface area (Å²) in [4.78, 5) is 12.2. The van der Waals surface area contributed by atoms with E-state index in [0.717, 1.165) is 21.9 Å². The fourth-order valence-electron chi connectivity index (χ4n) is 2.97. The van der Waals surface area contributed by atoms with Crippen molar-refractivity contribution in [2.75, 3.05) is 0 Å². The van der Waals surface area contributed by atoms with E-state index in [4.69, 9.17) is 23.2 Å². The predicted octanol–water partition coefficient (Wildman–Crippen LogP) is 5.31. The Labute approximate surface area is 176 Å². The molecule has 1 unspecified atom stereocenters. The monoisotopic (exact) mass is 427 g/mol. The molecule has 4 nitrogen and oxygen atoms in total. The summed E-state index contributed by atoms with van der Waals surface area (Å²) in [6.45, 7) is 0. The topological polar surface area (TPSA) is 53.8 Å². The van der Waals surface area contributed by atoms with Crippen LogP contribution in [-0.2, 0) is 11.2 Å². The first-order valence-electron chi connectivity index (χ1n) is 8.60. The average Bonchev–Trinajstić information content (AvgIpc) is 3.04. The van der Waals surface area contributed by atoms with Gasteiger partial charge in [-0.25, -0.2) is 0 Å². The molecular formula is C21H15Cl2N3OS. The van der Waals surface area contributed by atoms with Crippen LogP contribution < -0.4 is 5.32 Å².